The van der Waals surface area contributed by atoms with Gasteiger partial charge in [-0.1, -0.05) is 0 Å². The molecule has 1 amide bonds. The van der Waals surface area contributed by atoms with Crippen molar-refractivity contribution in [3.05, 3.63) is 0 Å². The van der Waals surface area contributed by atoms with E-state index in [0.29, 0.717) is 19.4 Å². The van der Waals surface area contributed by atoms with Gasteiger partial charge in [0.25, 0.3) is 0 Å². The number of carbonyl (C=O) groups excluding carboxylic acids is 1. The van der Waals surface area contributed by atoms with Gasteiger partial charge in [-0.25, -0.2) is 4.79 Å². The molecule has 1 aliphatic rings. The van der Waals surface area contributed by atoms with Crippen LogP contribution in [0.2, 0.25) is 0 Å². The fraction of sp³-hybridized carbons (Fsp3) is 0.833. The Morgan fingerprint density at radius 1 is 1.44 bits per heavy atom. The second kappa shape index (κ2) is 5.56. The molecule has 0 bridgehead atoms. The number of aliphatic carboxylic acids is 1. The molecule has 0 aliphatic carbocycles. The zero-order valence-electron chi connectivity index (χ0n) is 11.2. The smallest absolute Gasteiger partial charge is 0.411 e. The predicted molar refractivity (Wildman–Crippen MR) is 65.9 cm³/mol. The van der Waals surface area contributed by atoms with E-state index < -0.39 is 23.8 Å². The minimum Gasteiger partial charge on any atom is -0.481 e. The van der Waals surface area contributed by atoms with Gasteiger partial charge in [0.2, 0.25) is 0 Å². The molecule has 2 atom stereocenters. The Hall–Kier alpha value is -1.30. The van der Waals surface area contributed by atoms with Gasteiger partial charge in [0.15, 0.2) is 0 Å². The Bertz CT molecular complexity index is 325. The second-order valence-electron chi connectivity index (χ2n) is 5.73. The molecular formula is C12H22N2O4. The molecule has 1 fully saturated rings. The maximum Gasteiger partial charge on any atom is 0.411 e. The number of hydrogen-bond donors (Lipinski definition) is 2. The van der Waals surface area contributed by atoms with Crippen molar-refractivity contribution in [3.63, 3.8) is 0 Å². The van der Waals surface area contributed by atoms with Gasteiger partial charge in [0.1, 0.15) is 5.60 Å². The van der Waals surface area contributed by atoms with Crippen LogP contribution < -0.4 is 5.73 Å². The number of piperidine rings is 1. The number of ether oxygens (including phenoxy) is 1. The number of nitrogens with two attached hydrogens (primary N) is 1. The van der Waals surface area contributed by atoms with Gasteiger partial charge in [0.05, 0.1) is 6.17 Å². The Labute approximate surface area is 107 Å². The van der Waals surface area contributed by atoms with Gasteiger partial charge in [0, 0.05) is 13.0 Å². The molecule has 1 heterocycles. The van der Waals surface area contributed by atoms with Gasteiger partial charge < -0.3 is 15.6 Å². The highest BCUT2D eigenvalue weighted by Gasteiger charge is 2.32. The van der Waals surface area contributed by atoms with Gasteiger partial charge in [-0.2, -0.15) is 0 Å². The SMILES string of the molecule is CC(C)(C)OC(=O)N1CC[C@H](CC(=O)O)C[C@H]1N. The van der Waals surface area contributed by atoms with E-state index in [0.717, 1.165) is 0 Å². The number of hydrogen-bond acceptors (Lipinski definition) is 4. The van der Waals surface area contributed by atoms with E-state index in [9.17, 15) is 9.59 Å². The van der Waals surface area contributed by atoms with Crippen molar-refractivity contribution in [2.24, 2.45) is 11.7 Å². The first kappa shape index (κ1) is 14.8. The summed E-state index contributed by atoms with van der Waals surface area (Å²) in [7, 11) is 0. The first-order chi connectivity index (χ1) is 8.19. The Morgan fingerprint density at radius 2 is 2.06 bits per heavy atom. The molecule has 1 aliphatic heterocycles. The standard InChI is InChI=1S/C12H22N2O4/c1-12(2,3)18-11(17)14-5-4-8(6-9(14)13)7-10(15)16/h8-9H,4-7,13H2,1-3H3,(H,15,16)/t8-,9-/m0/s1. The van der Waals surface area contributed by atoms with Gasteiger partial charge in [-0.15, -0.1) is 0 Å². The van der Waals surface area contributed by atoms with Crippen molar-refractivity contribution in [1.82, 2.24) is 4.90 Å². The van der Waals surface area contributed by atoms with Crippen molar-refractivity contribution in [2.45, 2.75) is 51.8 Å². The third-order valence-electron chi connectivity index (χ3n) is 2.84. The monoisotopic (exact) mass is 258 g/mol. The first-order valence-electron chi connectivity index (χ1n) is 6.16. The maximum absolute atomic E-state index is 11.9. The molecule has 0 radical (unpaired) electrons. The third-order valence-corrected chi connectivity index (χ3v) is 2.84. The summed E-state index contributed by atoms with van der Waals surface area (Å²) >= 11 is 0. The van der Waals surface area contributed by atoms with Crippen LogP contribution in [-0.2, 0) is 9.53 Å². The maximum atomic E-state index is 11.9. The van der Waals surface area contributed by atoms with Crippen LogP contribution in [0.15, 0.2) is 0 Å². The lowest BCUT2D eigenvalue weighted by Gasteiger charge is -2.37. The highest BCUT2D eigenvalue weighted by Crippen LogP contribution is 2.24. The quantitative estimate of drug-likeness (QED) is 0.780. The van der Waals surface area contributed by atoms with E-state index >= 15 is 0 Å². The Balaban J connectivity index is 2.52. The molecule has 104 valence electrons. The van der Waals surface area contributed by atoms with E-state index in [1.54, 1.807) is 20.8 Å². The van der Waals surface area contributed by atoms with E-state index in [2.05, 4.69) is 0 Å². The van der Waals surface area contributed by atoms with Crippen molar-refractivity contribution < 1.29 is 19.4 Å². The molecule has 0 aromatic heterocycles. The van der Waals surface area contributed by atoms with Crippen LogP contribution in [0.25, 0.3) is 0 Å². The number of rotatable bonds is 2. The van der Waals surface area contributed by atoms with Gasteiger partial charge in [-0.3, -0.25) is 9.69 Å². The lowest BCUT2D eigenvalue weighted by Crippen LogP contribution is -2.52. The molecular weight excluding hydrogens is 236 g/mol. The number of nitrogens with zero attached hydrogens (tertiary/aromatic N) is 1. The number of carboxylic acid groups (broad SMARTS) is 1. The van der Waals surface area contributed by atoms with Crippen LogP contribution in [0.3, 0.4) is 0 Å². The molecule has 3 N–H and O–H groups in total. The zero-order chi connectivity index (χ0) is 13.9. The van der Waals surface area contributed by atoms with Crippen LogP contribution in [-0.4, -0.2) is 40.4 Å². The number of carbonyl (C=O) groups is 2. The van der Waals surface area contributed by atoms with E-state index in [4.69, 9.17) is 15.6 Å². The second-order valence-corrected chi connectivity index (χ2v) is 5.73. The van der Waals surface area contributed by atoms with Gasteiger partial charge >= 0.3 is 12.1 Å². The summed E-state index contributed by atoms with van der Waals surface area (Å²) in [5.41, 5.74) is 5.35. The van der Waals surface area contributed by atoms with E-state index in [1.807, 2.05) is 0 Å². The molecule has 6 nitrogen and oxygen atoms in total. The zero-order valence-corrected chi connectivity index (χ0v) is 11.2. The fourth-order valence-corrected chi connectivity index (χ4v) is 2.05. The summed E-state index contributed by atoms with van der Waals surface area (Å²) in [4.78, 5) is 24.0. The number of likely N-dealkylation sites (tertiary alicyclic amines) is 1. The van der Waals surface area contributed by atoms with Crippen molar-refractivity contribution in [1.29, 1.82) is 0 Å². The number of amides is 1. The minimum atomic E-state index is -0.821. The number of carboxylic acids is 1. The van der Waals surface area contributed by atoms with Crippen LogP contribution in [0.4, 0.5) is 4.79 Å². The average Bonchev–Trinajstić information content (AvgIpc) is 2.13. The summed E-state index contributed by atoms with van der Waals surface area (Å²) in [6, 6.07) is 0. The van der Waals surface area contributed by atoms with Gasteiger partial charge in [-0.05, 0) is 39.5 Å². The molecule has 0 aromatic carbocycles. The molecule has 1 rings (SSSR count). The van der Waals surface area contributed by atoms with Crippen molar-refractivity contribution >= 4 is 12.1 Å². The third kappa shape index (κ3) is 4.52. The van der Waals surface area contributed by atoms with Crippen LogP contribution in [0.5, 0.6) is 0 Å². The Morgan fingerprint density at radius 3 is 2.50 bits per heavy atom. The topological polar surface area (TPSA) is 92.9 Å². The van der Waals surface area contributed by atoms with Crippen LogP contribution in [0.1, 0.15) is 40.0 Å². The highest BCUT2D eigenvalue weighted by atomic mass is 16.6. The van der Waals surface area contributed by atoms with Crippen LogP contribution >= 0.6 is 0 Å². The lowest BCUT2D eigenvalue weighted by atomic mass is 9.92. The molecule has 0 unspecified atom stereocenters. The average molecular weight is 258 g/mol. The summed E-state index contributed by atoms with van der Waals surface area (Å²) in [6.07, 6.45) is 0.377. The molecule has 18 heavy (non-hydrogen) atoms. The molecule has 0 saturated carbocycles. The largest absolute Gasteiger partial charge is 0.481 e. The fourth-order valence-electron chi connectivity index (χ4n) is 2.05. The lowest BCUT2D eigenvalue weighted by molar-refractivity contribution is -0.138. The first-order valence-corrected chi connectivity index (χ1v) is 6.16. The molecule has 0 spiro atoms. The molecule has 0 aromatic rings. The normalized spacial score (nSPS) is 24.8. The summed E-state index contributed by atoms with van der Waals surface area (Å²) in [5, 5.41) is 8.73. The minimum absolute atomic E-state index is 0.0381. The molecule has 1 saturated heterocycles. The highest BCUT2D eigenvalue weighted by molar-refractivity contribution is 5.69. The predicted octanol–water partition coefficient (Wildman–Crippen LogP) is 1.39. The summed E-state index contributed by atoms with van der Waals surface area (Å²) in [5.74, 6) is -0.783. The van der Waals surface area contributed by atoms with Crippen LogP contribution in [0, 0.1) is 5.92 Å². The summed E-state index contributed by atoms with van der Waals surface area (Å²) < 4.78 is 5.25. The van der Waals surface area contributed by atoms with E-state index in [-0.39, 0.29) is 12.3 Å². The Kier molecular flexibility index (Phi) is 4.56. The summed E-state index contributed by atoms with van der Waals surface area (Å²) in [6.45, 7) is 5.85. The molecule has 6 heteroatoms. The van der Waals surface area contributed by atoms with Crippen molar-refractivity contribution in [3.8, 4) is 0 Å². The van der Waals surface area contributed by atoms with Crippen molar-refractivity contribution in [2.75, 3.05) is 6.54 Å². The van der Waals surface area contributed by atoms with E-state index in [1.165, 1.54) is 4.90 Å².